The molecule has 6 nitrogen and oxygen atoms in total. The molecule has 2 heterocycles. The van der Waals surface area contributed by atoms with Gasteiger partial charge in [0.05, 0.1) is 9.77 Å². The molecule has 1 saturated heterocycles. The van der Waals surface area contributed by atoms with Gasteiger partial charge in [-0.2, -0.15) is 4.31 Å². The van der Waals surface area contributed by atoms with E-state index in [1.54, 1.807) is 18.3 Å². The minimum Gasteiger partial charge on any atom is -0.488 e. The Morgan fingerprint density at radius 3 is 2.46 bits per heavy atom. The number of halogens is 1. The van der Waals surface area contributed by atoms with E-state index in [-0.39, 0.29) is 36.6 Å². The maximum atomic E-state index is 12.5. The Kier molecular flexibility index (Phi) is 5.19. The molecule has 1 aromatic heterocycles. The lowest BCUT2D eigenvalue weighted by Gasteiger charge is -2.25. The number of carbonyl (C=O) groups excluding carboxylic acids is 1. The van der Waals surface area contributed by atoms with Crippen molar-refractivity contribution in [1.29, 1.82) is 0 Å². The van der Waals surface area contributed by atoms with Gasteiger partial charge in [-0.05, 0) is 24.3 Å². The van der Waals surface area contributed by atoms with Crippen molar-refractivity contribution in [2.45, 2.75) is 24.3 Å². The molecule has 2 aromatic rings. The number of ketones is 1. The number of nitrogens with zero attached hydrogens (tertiary/aromatic N) is 2. The Labute approximate surface area is 149 Å². The maximum absolute atomic E-state index is 12.5. The van der Waals surface area contributed by atoms with Crippen molar-refractivity contribution in [2.24, 2.45) is 0 Å². The van der Waals surface area contributed by atoms with Gasteiger partial charge in [0.2, 0.25) is 10.0 Å². The molecule has 1 aliphatic rings. The second kappa shape index (κ2) is 7.18. The normalized spacial score (nSPS) is 16.3. The summed E-state index contributed by atoms with van der Waals surface area (Å²) in [5.41, 5.74) is 0. The van der Waals surface area contributed by atoms with E-state index in [1.807, 2.05) is 0 Å². The van der Waals surface area contributed by atoms with Crippen molar-refractivity contribution in [3.63, 3.8) is 0 Å². The van der Waals surface area contributed by atoms with Crippen LogP contribution < -0.4 is 4.74 Å². The molecule has 0 saturated carbocycles. The Hall–Kier alpha value is -1.48. The largest absolute Gasteiger partial charge is 0.488 e. The number of rotatable bonds is 5. The first-order valence-electron chi connectivity index (χ1n) is 7.30. The highest BCUT2D eigenvalue weighted by atomic mass is 35.5. The number of sulfonamides is 1. The van der Waals surface area contributed by atoms with E-state index in [0.717, 1.165) is 4.88 Å². The van der Waals surface area contributed by atoms with Gasteiger partial charge >= 0.3 is 0 Å². The van der Waals surface area contributed by atoms with Gasteiger partial charge in [-0.3, -0.25) is 4.79 Å². The smallest absolute Gasteiger partial charge is 0.243 e. The summed E-state index contributed by atoms with van der Waals surface area (Å²) in [5, 5.41) is 0. The van der Waals surface area contributed by atoms with Crippen LogP contribution in [0.2, 0.25) is 4.47 Å². The highest BCUT2D eigenvalue weighted by Gasteiger charge is 2.28. The van der Waals surface area contributed by atoms with E-state index in [0.29, 0.717) is 16.8 Å². The third-order valence-corrected chi connectivity index (χ3v) is 6.65. The molecular formula is C15H15ClN2O4S2. The molecule has 24 heavy (non-hydrogen) atoms. The molecule has 128 valence electrons. The minimum absolute atomic E-state index is 0.105. The van der Waals surface area contributed by atoms with Gasteiger partial charge in [0, 0.05) is 32.1 Å². The van der Waals surface area contributed by atoms with Crippen LogP contribution in [-0.4, -0.2) is 36.6 Å². The minimum atomic E-state index is -3.57. The molecular weight excluding hydrogens is 372 g/mol. The second-order valence-electron chi connectivity index (χ2n) is 5.28. The molecule has 0 unspecified atom stereocenters. The Balaban J connectivity index is 1.66. The highest BCUT2D eigenvalue weighted by molar-refractivity contribution is 7.89. The van der Waals surface area contributed by atoms with Crippen LogP contribution in [-0.2, 0) is 21.4 Å². The highest BCUT2D eigenvalue weighted by Crippen LogP contribution is 2.23. The van der Waals surface area contributed by atoms with Crippen LogP contribution in [0.1, 0.15) is 17.7 Å². The van der Waals surface area contributed by atoms with Crippen LogP contribution in [0.4, 0.5) is 0 Å². The van der Waals surface area contributed by atoms with E-state index in [1.165, 1.54) is 27.8 Å². The molecule has 0 aliphatic carbocycles. The summed E-state index contributed by atoms with van der Waals surface area (Å²) < 4.78 is 32.5. The van der Waals surface area contributed by atoms with Gasteiger partial charge < -0.3 is 4.74 Å². The van der Waals surface area contributed by atoms with Crippen molar-refractivity contribution >= 4 is 38.7 Å². The molecule has 0 atom stereocenters. The standard InChI is InChI=1S/C15H15ClN2O4S2/c16-15-17-9-13(23-15)10-22-12-1-3-14(4-2-12)24(20,21)18-7-5-11(19)6-8-18/h1-4,9H,5-8,10H2. The number of benzene rings is 1. The third-order valence-electron chi connectivity index (χ3n) is 3.65. The van der Waals surface area contributed by atoms with Gasteiger partial charge in [-0.15, -0.1) is 11.3 Å². The number of aromatic nitrogens is 1. The number of piperidine rings is 1. The first kappa shape index (κ1) is 17.3. The predicted octanol–water partition coefficient (Wildman–Crippen LogP) is 2.73. The van der Waals surface area contributed by atoms with E-state index >= 15 is 0 Å². The lowest BCUT2D eigenvalue weighted by Crippen LogP contribution is -2.38. The SMILES string of the molecule is O=C1CCN(S(=O)(=O)c2ccc(OCc3cnc(Cl)s3)cc2)CC1. The number of carbonyl (C=O) groups is 1. The maximum Gasteiger partial charge on any atom is 0.243 e. The average molecular weight is 387 g/mol. The van der Waals surface area contributed by atoms with Gasteiger partial charge in [-0.1, -0.05) is 11.6 Å². The van der Waals surface area contributed by atoms with Gasteiger partial charge in [-0.25, -0.2) is 13.4 Å². The van der Waals surface area contributed by atoms with Crippen molar-refractivity contribution in [3.05, 3.63) is 39.8 Å². The molecule has 1 aliphatic heterocycles. The van der Waals surface area contributed by atoms with Crippen LogP contribution in [0.25, 0.3) is 0 Å². The topological polar surface area (TPSA) is 76.6 Å². The fraction of sp³-hybridized carbons (Fsp3) is 0.333. The first-order valence-corrected chi connectivity index (χ1v) is 9.93. The van der Waals surface area contributed by atoms with Gasteiger partial charge in [0.25, 0.3) is 0 Å². The fourth-order valence-electron chi connectivity index (χ4n) is 2.34. The number of thiazole rings is 1. The molecule has 9 heteroatoms. The van der Waals surface area contributed by atoms with Crippen molar-refractivity contribution in [3.8, 4) is 5.75 Å². The summed E-state index contributed by atoms with van der Waals surface area (Å²) in [6.07, 6.45) is 2.19. The van der Waals surface area contributed by atoms with Crippen LogP contribution >= 0.6 is 22.9 Å². The van der Waals surface area contributed by atoms with E-state index < -0.39 is 10.0 Å². The lowest BCUT2D eigenvalue weighted by atomic mass is 10.1. The number of Topliss-reactive ketones (excluding diaryl/α,β-unsaturated/α-hetero) is 1. The van der Waals surface area contributed by atoms with Crippen molar-refractivity contribution in [1.82, 2.24) is 9.29 Å². The van der Waals surface area contributed by atoms with Crippen LogP contribution in [0, 0.1) is 0 Å². The molecule has 1 aromatic carbocycles. The predicted molar refractivity (Wildman–Crippen MR) is 90.9 cm³/mol. The Bertz CT molecular complexity index is 823. The summed E-state index contributed by atoms with van der Waals surface area (Å²) in [4.78, 5) is 16.3. The average Bonchev–Trinajstić information content (AvgIpc) is 2.99. The fourth-order valence-corrected chi connectivity index (χ4v) is 4.67. The van der Waals surface area contributed by atoms with Crippen LogP contribution in [0.15, 0.2) is 35.4 Å². The Morgan fingerprint density at radius 2 is 1.88 bits per heavy atom. The van der Waals surface area contributed by atoms with Crippen molar-refractivity contribution in [2.75, 3.05) is 13.1 Å². The van der Waals surface area contributed by atoms with Gasteiger partial charge in [0.15, 0.2) is 4.47 Å². The molecule has 3 rings (SSSR count). The van der Waals surface area contributed by atoms with Crippen molar-refractivity contribution < 1.29 is 17.9 Å². The zero-order valence-electron chi connectivity index (χ0n) is 12.6. The molecule has 1 fully saturated rings. The summed E-state index contributed by atoms with van der Waals surface area (Å²) >= 11 is 7.09. The zero-order chi connectivity index (χ0) is 17.2. The van der Waals surface area contributed by atoms with Gasteiger partial charge in [0.1, 0.15) is 18.1 Å². The molecule has 0 bridgehead atoms. The lowest BCUT2D eigenvalue weighted by molar-refractivity contribution is -0.120. The summed E-state index contributed by atoms with van der Waals surface area (Å²) in [6, 6.07) is 6.26. The summed E-state index contributed by atoms with van der Waals surface area (Å²) in [7, 11) is -3.57. The zero-order valence-corrected chi connectivity index (χ0v) is 15.0. The molecule has 0 amide bonds. The number of hydrogen-bond donors (Lipinski definition) is 0. The number of hydrogen-bond acceptors (Lipinski definition) is 6. The summed E-state index contributed by atoms with van der Waals surface area (Å²) in [6.45, 7) is 0.807. The monoisotopic (exact) mass is 386 g/mol. The number of ether oxygens (including phenoxy) is 1. The quantitative estimate of drug-likeness (QED) is 0.789. The molecule has 0 radical (unpaired) electrons. The summed E-state index contributed by atoms with van der Waals surface area (Å²) in [5.74, 6) is 0.667. The third kappa shape index (κ3) is 3.94. The van der Waals surface area contributed by atoms with Crippen LogP contribution in [0.5, 0.6) is 5.75 Å². The first-order chi connectivity index (χ1) is 11.4. The Morgan fingerprint density at radius 1 is 1.21 bits per heavy atom. The van der Waals surface area contributed by atoms with E-state index in [9.17, 15) is 13.2 Å². The second-order valence-corrected chi connectivity index (χ2v) is 8.92. The van der Waals surface area contributed by atoms with E-state index in [2.05, 4.69) is 4.98 Å². The van der Waals surface area contributed by atoms with Crippen LogP contribution in [0.3, 0.4) is 0 Å². The molecule has 0 spiro atoms. The molecule has 0 N–H and O–H groups in total. The van der Waals surface area contributed by atoms with E-state index in [4.69, 9.17) is 16.3 Å².